The van der Waals surface area contributed by atoms with Crippen molar-refractivity contribution in [3.05, 3.63) is 76.5 Å². The average molecular weight is 520 g/mol. The van der Waals surface area contributed by atoms with Gasteiger partial charge in [0.1, 0.15) is 0 Å². The molecule has 2 aromatic rings. The zero-order valence-electron chi connectivity index (χ0n) is 22.4. The van der Waals surface area contributed by atoms with Gasteiger partial charge in [-0.3, -0.25) is 4.79 Å². The lowest BCUT2D eigenvalue weighted by Crippen LogP contribution is -2.38. The van der Waals surface area contributed by atoms with Crippen LogP contribution in [0.2, 0.25) is 0 Å². The van der Waals surface area contributed by atoms with Crippen molar-refractivity contribution in [2.75, 3.05) is 27.4 Å². The molecule has 200 valence electrons. The van der Waals surface area contributed by atoms with Crippen molar-refractivity contribution in [1.82, 2.24) is 5.32 Å². The second kappa shape index (κ2) is 11.1. The van der Waals surface area contributed by atoms with Gasteiger partial charge in [-0.25, -0.2) is 9.59 Å². The summed E-state index contributed by atoms with van der Waals surface area (Å²) in [6.07, 6.45) is 1.01. The lowest BCUT2D eigenvalue weighted by Gasteiger charge is -2.40. The van der Waals surface area contributed by atoms with E-state index in [4.69, 9.17) is 14.2 Å². The molecule has 1 aliphatic heterocycles. The fourth-order valence-corrected chi connectivity index (χ4v) is 5.06. The van der Waals surface area contributed by atoms with Crippen molar-refractivity contribution < 1.29 is 33.3 Å². The van der Waals surface area contributed by atoms with E-state index in [1.54, 1.807) is 25.1 Å². The Kier molecular flexibility index (Phi) is 7.90. The fraction of sp³-hybridized carbons (Fsp3) is 0.367. The molecular formula is C30H33NO7. The molecule has 0 fully saturated rings. The molecule has 4 rings (SSSR count). The largest absolute Gasteiger partial charge is 0.493 e. The summed E-state index contributed by atoms with van der Waals surface area (Å²) in [7, 11) is 2.77. The quantitative estimate of drug-likeness (QED) is 0.507. The van der Waals surface area contributed by atoms with Crippen LogP contribution in [0.5, 0.6) is 11.5 Å². The summed E-state index contributed by atoms with van der Waals surface area (Å²) in [5.41, 5.74) is 3.57. The van der Waals surface area contributed by atoms with E-state index in [-0.39, 0.29) is 24.4 Å². The van der Waals surface area contributed by atoms with Gasteiger partial charge in [0.2, 0.25) is 0 Å². The Balaban J connectivity index is 1.92. The number of carbonyl (C=O) groups is 3. The van der Waals surface area contributed by atoms with Crippen LogP contribution in [0.25, 0.3) is 5.70 Å². The zero-order chi connectivity index (χ0) is 27.4. The highest BCUT2D eigenvalue weighted by molar-refractivity contribution is 6.08. The number of hydrogen-bond acceptors (Lipinski definition) is 8. The van der Waals surface area contributed by atoms with Crippen molar-refractivity contribution in [3.63, 3.8) is 0 Å². The summed E-state index contributed by atoms with van der Waals surface area (Å²) >= 11 is 0. The smallest absolute Gasteiger partial charge is 0.343 e. The van der Waals surface area contributed by atoms with Gasteiger partial charge >= 0.3 is 11.9 Å². The standard InChI is InChI=1S/C30H33NO7/c1-6-37-29(34)27-25(19-12-13-22(23(14-19)35-4)38-17-24(33)36-5)26-20(15-30(2,3)16-21(26)32)31-28(27)18-10-8-7-9-11-18/h7-14,25,31H,6,15-17H2,1-5H3/t25-/m0/s1. The molecule has 2 aliphatic rings. The number of hydrogen-bond donors (Lipinski definition) is 1. The minimum atomic E-state index is -0.687. The van der Waals surface area contributed by atoms with Crippen LogP contribution in [0.4, 0.5) is 0 Å². The molecule has 0 unspecified atom stereocenters. The van der Waals surface area contributed by atoms with E-state index in [2.05, 4.69) is 23.9 Å². The minimum Gasteiger partial charge on any atom is -0.493 e. The molecule has 0 bridgehead atoms. The number of Topliss-reactive ketones (excluding diaryl/α,β-unsaturated/α-hetero) is 1. The van der Waals surface area contributed by atoms with E-state index in [1.165, 1.54) is 14.2 Å². The molecule has 0 saturated heterocycles. The predicted molar refractivity (Wildman–Crippen MR) is 141 cm³/mol. The van der Waals surface area contributed by atoms with E-state index >= 15 is 0 Å². The van der Waals surface area contributed by atoms with Gasteiger partial charge in [0, 0.05) is 23.6 Å². The number of methoxy groups -OCH3 is 2. The van der Waals surface area contributed by atoms with Gasteiger partial charge in [-0.1, -0.05) is 50.2 Å². The van der Waals surface area contributed by atoms with Crippen LogP contribution in [0.1, 0.15) is 50.7 Å². The maximum atomic E-state index is 13.6. The van der Waals surface area contributed by atoms with Crippen molar-refractivity contribution >= 4 is 23.4 Å². The third-order valence-corrected chi connectivity index (χ3v) is 6.69. The lowest BCUT2D eigenvalue weighted by molar-refractivity contribution is -0.143. The maximum absolute atomic E-state index is 13.6. The molecule has 1 atom stereocenters. The summed E-state index contributed by atoms with van der Waals surface area (Å²) in [5, 5.41) is 3.46. The molecule has 0 aromatic heterocycles. The van der Waals surface area contributed by atoms with Crippen LogP contribution in [0.3, 0.4) is 0 Å². The predicted octanol–water partition coefficient (Wildman–Crippen LogP) is 4.55. The molecule has 0 saturated carbocycles. The Bertz CT molecular complexity index is 1310. The van der Waals surface area contributed by atoms with E-state index < -0.39 is 17.9 Å². The van der Waals surface area contributed by atoms with Crippen LogP contribution in [0.15, 0.2) is 65.4 Å². The van der Waals surface area contributed by atoms with Gasteiger partial charge in [-0.15, -0.1) is 0 Å². The average Bonchev–Trinajstić information content (AvgIpc) is 2.90. The number of rotatable bonds is 8. The van der Waals surface area contributed by atoms with Crippen molar-refractivity contribution in [2.45, 2.75) is 39.5 Å². The number of dihydropyridines is 1. The third-order valence-electron chi connectivity index (χ3n) is 6.69. The molecule has 0 spiro atoms. The monoisotopic (exact) mass is 519 g/mol. The van der Waals surface area contributed by atoms with Gasteiger partial charge in [0.05, 0.1) is 32.1 Å². The number of nitrogens with one attached hydrogen (secondary N) is 1. The number of ether oxygens (including phenoxy) is 4. The third kappa shape index (κ3) is 5.44. The normalized spacial score (nSPS) is 18.3. The topological polar surface area (TPSA) is 100 Å². The molecule has 1 aliphatic carbocycles. The van der Waals surface area contributed by atoms with Crippen molar-refractivity contribution in [3.8, 4) is 11.5 Å². The number of esters is 2. The Morgan fingerprint density at radius 2 is 1.76 bits per heavy atom. The van der Waals surface area contributed by atoms with Crippen LogP contribution < -0.4 is 14.8 Å². The molecule has 0 amide bonds. The Hall–Kier alpha value is -4.07. The molecular weight excluding hydrogens is 486 g/mol. The Labute approximate surface area is 222 Å². The summed E-state index contributed by atoms with van der Waals surface area (Å²) in [5.74, 6) is -1.04. The van der Waals surface area contributed by atoms with Crippen LogP contribution in [0, 0.1) is 5.41 Å². The van der Waals surface area contributed by atoms with E-state index in [1.807, 2.05) is 30.3 Å². The molecule has 2 aromatic carbocycles. The first-order valence-corrected chi connectivity index (χ1v) is 12.6. The lowest BCUT2D eigenvalue weighted by atomic mass is 9.68. The molecule has 8 nitrogen and oxygen atoms in total. The molecule has 8 heteroatoms. The first kappa shape index (κ1) is 27.0. The van der Waals surface area contributed by atoms with Crippen LogP contribution >= 0.6 is 0 Å². The van der Waals surface area contributed by atoms with E-state index in [0.29, 0.717) is 46.7 Å². The highest BCUT2D eigenvalue weighted by atomic mass is 16.6. The summed E-state index contributed by atoms with van der Waals surface area (Å²) in [6.45, 7) is 5.78. The van der Waals surface area contributed by atoms with Gasteiger partial charge in [0.25, 0.3) is 0 Å². The number of ketones is 1. The highest BCUT2D eigenvalue weighted by Crippen LogP contribution is 2.49. The number of allylic oxidation sites excluding steroid dienone is 2. The van der Waals surface area contributed by atoms with Crippen LogP contribution in [-0.4, -0.2) is 45.2 Å². The van der Waals surface area contributed by atoms with Gasteiger partial charge in [-0.05, 0) is 42.0 Å². The number of benzene rings is 2. The fourth-order valence-electron chi connectivity index (χ4n) is 5.06. The Morgan fingerprint density at radius 1 is 1.03 bits per heavy atom. The summed E-state index contributed by atoms with van der Waals surface area (Å²) in [6, 6.07) is 14.7. The van der Waals surface area contributed by atoms with Gasteiger partial charge in [-0.2, -0.15) is 0 Å². The van der Waals surface area contributed by atoms with E-state index in [0.717, 1.165) is 11.3 Å². The van der Waals surface area contributed by atoms with Gasteiger partial charge < -0.3 is 24.3 Å². The first-order chi connectivity index (χ1) is 18.2. The minimum absolute atomic E-state index is 0.0207. The molecule has 1 N–H and O–H groups in total. The van der Waals surface area contributed by atoms with E-state index in [9.17, 15) is 14.4 Å². The van der Waals surface area contributed by atoms with Gasteiger partial charge in [0.15, 0.2) is 23.9 Å². The van der Waals surface area contributed by atoms with Crippen molar-refractivity contribution in [2.24, 2.45) is 5.41 Å². The summed E-state index contributed by atoms with van der Waals surface area (Å²) < 4.78 is 21.3. The number of carbonyl (C=O) groups excluding carboxylic acids is 3. The van der Waals surface area contributed by atoms with Crippen LogP contribution in [-0.2, 0) is 23.9 Å². The highest BCUT2D eigenvalue weighted by Gasteiger charge is 2.44. The first-order valence-electron chi connectivity index (χ1n) is 12.6. The molecule has 38 heavy (non-hydrogen) atoms. The zero-order valence-corrected chi connectivity index (χ0v) is 22.4. The Morgan fingerprint density at radius 3 is 2.42 bits per heavy atom. The second-order valence-electron chi connectivity index (χ2n) is 10.0. The maximum Gasteiger partial charge on any atom is 0.343 e. The molecule has 1 heterocycles. The molecule has 0 radical (unpaired) electrons. The SMILES string of the molecule is CCOC(=O)C1=C(c2ccccc2)NC2=C(C(=O)CC(C)(C)C2)[C@@H]1c1ccc(OCC(=O)OC)c(OC)c1. The second-order valence-corrected chi connectivity index (χ2v) is 10.0. The van der Waals surface area contributed by atoms with Crippen molar-refractivity contribution in [1.29, 1.82) is 0 Å². The summed E-state index contributed by atoms with van der Waals surface area (Å²) in [4.78, 5) is 38.8.